The van der Waals surface area contributed by atoms with E-state index in [9.17, 15) is 14.7 Å². The second kappa shape index (κ2) is 12.5. The lowest BCUT2D eigenvalue weighted by atomic mass is 9.89. The van der Waals surface area contributed by atoms with Crippen LogP contribution in [0.15, 0.2) is 84.9 Å². The van der Waals surface area contributed by atoms with E-state index in [2.05, 4.69) is 0 Å². The molecule has 8 nitrogen and oxygen atoms in total. The van der Waals surface area contributed by atoms with Crippen molar-refractivity contribution in [1.29, 1.82) is 5.41 Å². The fourth-order valence-corrected chi connectivity index (χ4v) is 4.21. The number of phenolic OH excluding ortho intramolecular Hbond substituents is 1. The summed E-state index contributed by atoms with van der Waals surface area (Å²) in [5.41, 5.74) is 19.5. The van der Waals surface area contributed by atoms with E-state index in [1.807, 2.05) is 60.7 Å². The van der Waals surface area contributed by atoms with Crippen molar-refractivity contribution in [1.82, 2.24) is 4.90 Å². The van der Waals surface area contributed by atoms with Crippen LogP contribution in [0, 0.1) is 5.41 Å². The Labute approximate surface area is 211 Å². The molecule has 0 bridgehead atoms. The molecule has 3 aromatic carbocycles. The van der Waals surface area contributed by atoms with Gasteiger partial charge in [-0.05, 0) is 48.1 Å². The van der Waals surface area contributed by atoms with Crippen LogP contribution in [0.1, 0.15) is 41.9 Å². The third-order valence-corrected chi connectivity index (χ3v) is 6.18. The van der Waals surface area contributed by atoms with E-state index in [4.69, 9.17) is 22.6 Å². The molecular weight excluding hydrogens is 454 g/mol. The molecule has 3 rings (SSSR count). The van der Waals surface area contributed by atoms with Gasteiger partial charge in [-0.25, -0.2) is 0 Å². The van der Waals surface area contributed by atoms with Crippen LogP contribution in [0.2, 0.25) is 0 Å². The van der Waals surface area contributed by atoms with Crippen molar-refractivity contribution in [3.05, 3.63) is 102 Å². The fourth-order valence-electron chi connectivity index (χ4n) is 4.21. The lowest BCUT2D eigenvalue weighted by molar-refractivity contribution is -0.141. The molecule has 3 aromatic rings. The van der Waals surface area contributed by atoms with E-state index in [1.165, 1.54) is 17.0 Å². The molecule has 8 N–H and O–H groups in total. The summed E-state index contributed by atoms with van der Waals surface area (Å²) < 4.78 is 0. The number of carbonyl (C=O) groups excluding carboxylic acids is 2. The zero-order valence-electron chi connectivity index (χ0n) is 20.1. The number of aromatic hydroxyl groups is 1. The van der Waals surface area contributed by atoms with Gasteiger partial charge in [-0.2, -0.15) is 0 Å². The first-order chi connectivity index (χ1) is 17.3. The highest BCUT2D eigenvalue weighted by atomic mass is 16.3. The van der Waals surface area contributed by atoms with Crippen molar-refractivity contribution < 1.29 is 14.7 Å². The number of amides is 2. The number of amidine groups is 1. The van der Waals surface area contributed by atoms with Gasteiger partial charge in [0.15, 0.2) is 0 Å². The molecule has 0 aromatic heterocycles. The van der Waals surface area contributed by atoms with Crippen LogP contribution < -0.4 is 17.2 Å². The highest BCUT2D eigenvalue weighted by molar-refractivity contribution is 5.92. The smallest absolute Gasteiger partial charge is 0.240 e. The Morgan fingerprint density at radius 1 is 0.833 bits per heavy atom. The summed E-state index contributed by atoms with van der Waals surface area (Å²) in [5.74, 6) is -1.56. The lowest BCUT2D eigenvalue weighted by Crippen LogP contribution is -2.49. The first-order valence-corrected chi connectivity index (χ1v) is 11.8. The van der Waals surface area contributed by atoms with Crippen molar-refractivity contribution in [2.24, 2.45) is 17.2 Å². The van der Waals surface area contributed by atoms with Crippen LogP contribution in [-0.4, -0.2) is 39.7 Å². The monoisotopic (exact) mass is 487 g/mol. The Morgan fingerprint density at radius 2 is 1.36 bits per heavy atom. The minimum absolute atomic E-state index is 0.104. The van der Waals surface area contributed by atoms with Gasteiger partial charge < -0.3 is 27.2 Å². The molecular formula is C28H33N5O3. The number of primary amides is 1. The van der Waals surface area contributed by atoms with Crippen LogP contribution >= 0.6 is 0 Å². The predicted octanol–water partition coefficient (Wildman–Crippen LogP) is 2.84. The molecule has 0 spiro atoms. The maximum Gasteiger partial charge on any atom is 0.240 e. The third kappa shape index (κ3) is 6.93. The van der Waals surface area contributed by atoms with Crippen LogP contribution in [0.25, 0.3) is 0 Å². The lowest BCUT2D eigenvalue weighted by Gasteiger charge is -2.33. The van der Waals surface area contributed by atoms with E-state index < -0.39 is 23.9 Å². The molecule has 1 unspecified atom stereocenters. The molecule has 36 heavy (non-hydrogen) atoms. The number of nitrogens with zero attached hydrogens (tertiary/aromatic N) is 1. The number of carbonyl (C=O) groups is 2. The van der Waals surface area contributed by atoms with E-state index in [1.54, 1.807) is 12.1 Å². The Morgan fingerprint density at radius 3 is 1.83 bits per heavy atom. The number of hydrogen-bond donors (Lipinski definition) is 5. The number of nitrogens with one attached hydrogen (secondary N) is 1. The Kier molecular flexibility index (Phi) is 9.19. The third-order valence-electron chi connectivity index (χ3n) is 6.18. The number of rotatable bonds is 12. The molecule has 0 saturated heterocycles. The van der Waals surface area contributed by atoms with Crippen molar-refractivity contribution in [3.8, 4) is 5.75 Å². The summed E-state index contributed by atoms with van der Waals surface area (Å²) in [7, 11) is 0. The largest absolute Gasteiger partial charge is 0.508 e. The second-order valence-corrected chi connectivity index (χ2v) is 8.80. The number of nitrogens with two attached hydrogens (primary N) is 3. The van der Waals surface area contributed by atoms with E-state index in [0.29, 0.717) is 12.8 Å². The Balaban J connectivity index is 2.00. The van der Waals surface area contributed by atoms with Crippen LogP contribution in [0.3, 0.4) is 0 Å². The SMILES string of the molecule is N=C(N)C(N)CCC[C@@H](C(N)=O)N(Cc1ccc(O)cc1)C(=O)C(c1ccccc1)c1ccccc1. The number of benzene rings is 3. The van der Waals surface area contributed by atoms with Crippen LogP contribution in [0.5, 0.6) is 5.75 Å². The average Bonchev–Trinajstić information content (AvgIpc) is 2.87. The summed E-state index contributed by atoms with van der Waals surface area (Å²) in [6.45, 7) is 0.127. The minimum atomic E-state index is -0.902. The van der Waals surface area contributed by atoms with Gasteiger partial charge in [-0.3, -0.25) is 15.0 Å². The maximum absolute atomic E-state index is 14.3. The Bertz CT molecular complexity index is 1110. The van der Waals surface area contributed by atoms with Crippen molar-refractivity contribution in [2.45, 2.75) is 43.8 Å². The molecule has 188 valence electrons. The van der Waals surface area contributed by atoms with E-state index in [-0.39, 0.29) is 30.5 Å². The quantitative estimate of drug-likeness (QED) is 0.196. The summed E-state index contributed by atoms with van der Waals surface area (Å²) in [4.78, 5) is 28.5. The van der Waals surface area contributed by atoms with E-state index >= 15 is 0 Å². The molecule has 0 aliphatic carbocycles. The molecule has 0 aliphatic heterocycles. The van der Waals surface area contributed by atoms with Gasteiger partial charge in [0.25, 0.3) is 0 Å². The molecule has 2 atom stereocenters. The molecule has 8 heteroatoms. The summed E-state index contributed by atoms with van der Waals surface area (Å²) >= 11 is 0. The zero-order chi connectivity index (χ0) is 26.1. The van der Waals surface area contributed by atoms with Crippen LogP contribution in [0.4, 0.5) is 0 Å². The summed E-state index contributed by atoms with van der Waals surface area (Å²) in [5, 5.41) is 17.2. The highest BCUT2D eigenvalue weighted by Gasteiger charge is 2.34. The second-order valence-electron chi connectivity index (χ2n) is 8.80. The first kappa shape index (κ1) is 26.4. The van der Waals surface area contributed by atoms with Gasteiger partial charge in [0.1, 0.15) is 17.6 Å². The summed E-state index contributed by atoms with van der Waals surface area (Å²) in [6.07, 6.45) is 1.12. The highest BCUT2D eigenvalue weighted by Crippen LogP contribution is 2.29. The van der Waals surface area contributed by atoms with E-state index in [0.717, 1.165) is 16.7 Å². The molecule has 0 aliphatic rings. The fraction of sp³-hybridized carbons (Fsp3) is 0.250. The zero-order valence-corrected chi connectivity index (χ0v) is 20.1. The van der Waals surface area contributed by atoms with Gasteiger partial charge in [0.05, 0.1) is 12.0 Å². The normalized spacial score (nSPS) is 12.6. The molecule has 0 saturated carbocycles. The number of phenols is 1. The topological polar surface area (TPSA) is 160 Å². The standard InChI is InChI=1S/C28H33N5O3/c29-23(26(30)31)12-7-13-24(27(32)35)33(18-19-14-16-22(34)17-15-19)28(36)25(20-8-3-1-4-9-20)21-10-5-2-6-11-21/h1-6,8-11,14-17,23-25,34H,7,12-13,18,29H2,(H3,30,31)(H2,32,35)/t23?,24-/m0/s1. The predicted molar refractivity (Wildman–Crippen MR) is 140 cm³/mol. The van der Waals surface area contributed by atoms with Crippen molar-refractivity contribution in [3.63, 3.8) is 0 Å². The molecule has 2 amide bonds. The van der Waals surface area contributed by atoms with Crippen molar-refractivity contribution >= 4 is 17.6 Å². The molecule has 0 radical (unpaired) electrons. The van der Waals surface area contributed by atoms with Gasteiger partial charge in [0.2, 0.25) is 11.8 Å². The van der Waals surface area contributed by atoms with Gasteiger partial charge in [0, 0.05) is 6.54 Å². The Hall–Kier alpha value is -4.17. The van der Waals surface area contributed by atoms with Gasteiger partial charge >= 0.3 is 0 Å². The molecule has 0 fully saturated rings. The molecule has 0 heterocycles. The van der Waals surface area contributed by atoms with Crippen LogP contribution in [-0.2, 0) is 16.1 Å². The van der Waals surface area contributed by atoms with Gasteiger partial charge in [-0.15, -0.1) is 0 Å². The summed E-state index contributed by atoms with van der Waals surface area (Å²) in [6, 6.07) is 23.8. The minimum Gasteiger partial charge on any atom is -0.508 e. The first-order valence-electron chi connectivity index (χ1n) is 11.8. The number of hydrogen-bond acceptors (Lipinski definition) is 5. The van der Waals surface area contributed by atoms with Crippen molar-refractivity contribution in [2.75, 3.05) is 0 Å². The maximum atomic E-state index is 14.3. The van der Waals surface area contributed by atoms with Gasteiger partial charge in [-0.1, -0.05) is 72.8 Å². The average molecular weight is 488 g/mol.